The lowest BCUT2D eigenvalue weighted by molar-refractivity contribution is 0.627. The average molecular weight is 296 g/mol. The van der Waals surface area contributed by atoms with Crippen molar-refractivity contribution >= 4 is 33.1 Å². The molecule has 0 unspecified atom stereocenters. The minimum Gasteiger partial charge on any atom is -0.396 e. The Kier molecular flexibility index (Phi) is 3.28. The number of aryl methyl sites for hydroxylation is 1. The molecule has 0 bridgehead atoms. The summed E-state index contributed by atoms with van der Waals surface area (Å²) < 4.78 is 14.0. The van der Waals surface area contributed by atoms with E-state index < -0.39 is 0 Å². The van der Waals surface area contributed by atoms with Crippen LogP contribution in [0, 0.1) is 12.7 Å². The van der Waals surface area contributed by atoms with Crippen LogP contribution in [0.25, 0.3) is 0 Å². The lowest BCUT2D eigenvalue weighted by Gasteiger charge is -2.09. The van der Waals surface area contributed by atoms with E-state index in [4.69, 9.17) is 5.73 Å². The van der Waals surface area contributed by atoms with E-state index in [2.05, 4.69) is 26.2 Å². The van der Waals surface area contributed by atoms with Gasteiger partial charge in [-0.1, -0.05) is 0 Å². The number of halogens is 2. The van der Waals surface area contributed by atoms with Crippen LogP contribution in [0.3, 0.4) is 0 Å². The predicted octanol–water partition coefficient (Wildman–Crippen LogP) is 3.62. The van der Waals surface area contributed by atoms with Crippen molar-refractivity contribution in [1.82, 2.24) is 4.98 Å². The van der Waals surface area contributed by atoms with Crippen LogP contribution in [0.5, 0.6) is 0 Å². The van der Waals surface area contributed by atoms with Crippen molar-refractivity contribution in [2.45, 2.75) is 6.92 Å². The molecule has 0 aliphatic heterocycles. The number of nitrogen functional groups attached to an aromatic ring is 1. The summed E-state index contributed by atoms with van der Waals surface area (Å²) in [5, 5.41) is 2.98. The van der Waals surface area contributed by atoms with Gasteiger partial charge >= 0.3 is 0 Å². The first-order valence-electron chi connectivity index (χ1n) is 5.00. The van der Waals surface area contributed by atoms with Crippen molar-refractivity contribution in [3.05, 3.63) is 46.3 Å². The van der Waals surface area contributed by atoms with Gasteiger partial charge in [0.2, 0.25) is 0 Å². The van der Waals surface area contributed by atoms with E-state index in [0.717, 1.165) is 10.0 Å². The Morgan fingerprint density at radius 2 is 2.06 bits per heavy atom. The van der Waals surface area contributed by atoms with Crippen molar-refractivity contribution in [2.24, 2.45) is 0 Å². The van der Waals surface area contributed by atoms with Gasteiger partial charge in [0.1, 0.15) is 5.82 Å². The van der Waals surface area contributed by atoms with Gasteiger partial charge in [-0.3, -0.25) is 0 Å². The second-order valence-corrected chi connectivity index (χ2v) is 4.65. The summed E-state index contributed by atoms with van der Waals surface area (Å²) in [5.41, 5.74) is 7.76. The third kappa shape index (κ3) is 2.94. The molecule has 0 aliphatic carbocycles. The molecular weight excluding hydrogens is 285 g/mol. The number of nitrogens with one attached hydrogen (secondary N) is 1. The zero-order valence-electron chi connectivity index (χ0n) is 9.17. The van der Waals surface area contributed by atoms with Gasteiger partial charge in [0, 0.05) is 16.4 Å². The molecule has 1 aromatic heterocycles. The number of benzene rings is 1. The molecule has 1 heterocycles. The third-order valence-corrected chi connectivity index (χ3v) is 2.62. The lowest BCUT2D eigenvalue weighted by atomic mass is 10.2. The summed E-state index contributed by atoms with van der Waals surface area (Å²) in [7, 11) is 0. The highest BCUT2D eigenvalue weighted by atomic mass is 79.9. The molecule has 5 heteroatoms. The van der Waals surface area contributed by atoms with Gasteiger partial charge in [0.25, 0.3) is 0 Å². The SMILES string of the molecule is Cc1cc(F)cc(Nc2ncc(Br)cc2N)c1. The first-order valence-corrected chi connectivity index (χ1v) is 5.79. The van der Waals surface area contributed by atoms with Crippen LogP contribution >= 0.6 is 15.9 Å². The maximum atomic E-state index is 13.2. The highest BCUT2D eigenvalue weighted by molar-refractivity contribution is 9.10. The number of rotatable bonds is 2. The largest absolute Gasteiger partial charge is 0.396 e. The average Bonchev–Trinajstić information content (AvgIpc) is 2.21. The molecular formula is C12H11BrFN3. The number of aromatic nitrogens is 1. The summed E-state index contributed by atoms with van der Waals surface area (Å²) in [6.45, 7) is 1.83. The highest BCUT2D eigenvalue weighted by Gasteiger charge is 2.03. The molecule has 0 radical (unpaired) electrons. The Balaban J connectivity index is 2.31. The van der Waals surface area contributed by atoms with Gasteiger partial charge in [-0.15, -0.1) is 0 Å². The zero-order valence-corrected chi connectivity index (χ0v) is 10.8. The first-order chi connectivity index (χ1) is 8.04. The van der Waals surface area contributed by atoms with Crippen LogP contribution in [-0.4, -0.2) is 4.98 Å². The molecule has 0 amide bonds. The number of nitrogens with zero attached hydrogens (tertiary/aromatic N) is 1. The minimum absolute atomic E-state index is 0.289. The van der Waals surface area contributed by atoms with Gasteiger partial charge in [-0.05, 0) is 52.7 Å². The second-order valence-electron chi connectivity index (χ2n) is 3.73. The molecule has 1 aromatic carbocycles. The van der Waals surface area contributed by atoms with Gasteiger partial charge in [0.15, 0.2) is 5.82 Å². The zero-order chi connectivity index (χ0) is 12.4. The smallest absolute Gasteiger partial charge is 0.153 e. The Morgan fingerprint density at radius 3 is 2.71 bits per heavy atom. The molecule has 2 aromatic rings. The van der Waals surface area contributed by atoms with Gasteiger partial charge < -0.3 is 11.1 Å². The summed E-state index contributed by atoms with van der Waals surface area (Å²) >= 11 is 3.27. The first kappa shape index (κ1) is 11.9. The van der Waals surface area contributed by atoms with Gasteiger partial charge in [0.05, 0.1) is 5.69 Å². The molecule has 17 heavy (non-hydrogen) atoms. The Labute approximate surface area is 107 Å². The van der Waals surface area contributed by atoms with Crippen LogP contribution in [0.2, 0.25) is 0 Å². The number of hydrogen-bond acceptors (Lipinski definition) is 3. The van der Waals surface area contributed by atoms with Crippen molar-refractivity contribution in [3.8, 4) is 0 Å². The van der Waals surface area contributed by atoms with Crippen molar-refractivity contribution < 1.29 is 4.39 Å². The molecule has 0 saturated heterocycles. The van der Waals surface area contributed by atoms with Gasteiger partial charge in [-0.25, -0.2) is 9.37 Å². The second kappa shape index (κ2) is 4.71. The van der Waals surface area contributed by atoms with Crippen LogP contribution in [0.15, 0.2) is 34.9 Å². The number of hydrogen-bond donors (Lipinski definition) is 2. The topological polar surface area (TPSA) is 50.9 Å². The van der Waals surface area contributed by atoms with Crippen LogP contribution in [0.1, 0.15) is 5.56 Å². The number of anilines is 3. The molecule has 3 nitrogen and oxygen atoms in total. The highest BCUT2D eigenvalue weighted by Crippen LogP contribution is 2.24. The van der Waals surface area contributed by atoms with Crippen molar-refractivity contribution in [3.63, 3.8) is 0 Å². The van der Waals surface area contributed by atoms with Crippen LogP contribution < -0.4 is 11.1 Å². The van der Waals surface area contributed by atoms with Crippen molar-refractivity contribution in [1.29, 1.82) is 0 Å². The fraction of sp³-hybridized carbons (Fsp3) is 0.0833. The Morgan fingerprint density at radius 1 is 1.29 bits per heavy atom. The minimum atomic E-state index is -0.289. The molecule has 0 fully saturated rings. The molecule has 0 saturated carbocycles. The lowest BCUT2D eigenvalue weighted by Crippen LogP contribution is -1.99. The Bertz CT molecular complexity index is 537. The number of nitrogens with two attached hydrogens (primary N) is 1. The van der Waals surface area contributed by atoms with Crippen LogP contribution in [-0.2, 0) is 0 Å². The molecule has 0 aliphatic rings. The molecule has 0 spiro atoms. The predicted molar refractivity (Wildman–Crippen MR) is 70.8 cm³/mol. The summed E-state index contributed by atoms with van der Waals surface area (Å²) in [5.74, 6) is 0.224. The third-order valence-electron chi connectivity index (χ3n) is 2.19. The molecule has 2 rings (SSSR count). The van der Waals surface area contributed by atoms with Crippen molar-refractivity contribution in [2.75, 3.05) is 11.1 Å². The van der Waals surface area contributed by atoms with E-state index in [1.807, 2.05) is 13.0 Å². The maximum absolute atomic E-state index is 13.2. The summed E-state index contributed by atoms with van der Waals surface area (Å²) in [4.78, 5) is 4.13. The van der Waals surface area contributed by atoms with Crippen LogP contribution in [0.4, 0.5) is 21.6 Å². The molecule has 0 atom stereocenters. The number of pyridine rings is 1. The van der Waals surface area contributed by atoms with E-state index >= 15 is 0 Å². The Hall–Kier alpha value is -1.62. The maximum Gasteiger partial charge on any atom is 0.153 e. The normalized spacial score (nSPS) is 10.3. The van der Waals surface area contributed by atoms with E-state index in [1.54, 1.807) is 12.3 Å². The quantitative estimate of drug-likeness (QED) is 0.890. The fourth-order valence-corrected chi connectivity index (χ4v) is 1.85. The molecule has 88 valence electrons. The van der Waals surface area contributed by atoms with E-state index in [-0.39, 0.29) is 5.82 Å². The molecule has 3 N–H and O–H groups in total. The van der Waals surface area contributed by atoms with Gasteiger partial charge in [-0.2, -0.15) is 0 Å². The summed E-state index contributed by atoms with van der Waals surface area (Å²) in [6, 6.07) is 6.42. The van der Waals surface area contributed by atoms with E-state index in [0.29, 0.717) is 17.2 Å². The fourth-order valence-electron chi connectivity index (χ4n) is 1.50. The standard InChI is InChI=1S/C12H11BrFN3/c1-7-2-9(14)5-10(3-7)17-12-11(15)4-8(13)6-16-12/h2-6H,15H2,1H3,(H,16,17). The monoisotopic (exact) mass is 295 g/mol. The summed E-state index contributed by atoms with van der Waals surface area (Å²) in [6.07, 6.45) is 1.63. The van der Waals surface area contributed by atoms with E-state index in [1.165, 1.54) is 12.1 Å². The van der Waals surface area contributed by atoms with E-state index in [9.17, 15) is 4.39 Å².